The van der Waals surface area contributed by atoms with Crippen molar-refractivity contribution < 1.29 is 8.42 Å². The van der Waals surface area contributed by atoms with Crippen LogP contribution in [0.25, 0.3) is 0 Å². The minimum absolute atomic E-state index is 0.182. The van der Waals surface area contributed by atoms with Crippen LogP contribution in [0, 0.1) is 0 Å². The van der Waals surface area contributed by atoms with Crippen molar-refractivity contribution in [3.8, 4) is 0 Å². The number of halogens is 2. The van der Waals surface area contributed by atoms with E-state index < -0.39 is 10.0 Å². The molecule has 0 amide bonds. The Morgan fingerprint density at radius 3 is 2.07 bits per heavy atom. The van der Waals surface area contributed by atoms with Gasteiger partial charge in [0, 0.05) is 29.7 Å². The van der Waals surface area contributed by atoms with Crippen LogP contribution >= 0.6 is 23.2 Å². The Balaban J connectivity index is 3.11. The molecule has 84 valence electrons. The minimum atomic E-state index is -3.33. The summed E-state index contributed by atoms with van der Waals surface area (Å²) < 4.78 is 24.4. The first kappa shape index (κ1) is 12.8. The number of hydrogen-bond acceptors (Lipinski definition) is 2. The average molecular weight is 268 g/mol. The minimum Gasteiger partial charge on any atom is -0.212 e. The highest BCUT2D eigenvalue weighted by Crippen LogP contribution is 2.26. The molecular formula is C9H11Cl2NO2S. The van der Waals surface area contributed by atoms with Gasteiger partial charge >= 0.3 is 0 Å². The molecule has 0 aliphatic heterocycles. The van der Waals surface area contributed by atoms with E-state index in [0.717, 1.165) is 4.31 Å². The highest BCUT2D eigenvalue weighted by Gasteiger charge is 2.18. The maximum Gasteiger partial charge on any atom is 0.217 e. The molecule has 0 heterocycles. The fraction of sp³-hybridized carbons (Fsp3) is 0.333. The molecule has 0 aliphatic carbocycles. The summed E-state index contributed by atoms with van der Waals surface area (Å²) in [7, 11) is -0.387. The average Bonchev–Trinajstić information content (AvgIpc) is 2.11. The van der Waals surface area contributed by atoms with E-state index in [0.29, 0.717) is 15.6 Å². The lowest BCUT2D eigenvalue weighted by Gasteiger charge is -2.12. The third kappa shape index (κ3) is 3.08. The molecule has 15 heavy (non-hydrogen) atoms. The molecule has 1 aromatic rings. The standard InChI is InChI=1S/C9H11Cl2NO2S/c1-12(2)15(13,14)6-7-8(10)4-3-5-9(7)11/h3-5H,6H2,1-2H3. The number of benzene rings is 1. The highest BCUT2D eigenvalue weighted by atomic mass is 35.5. The van der Waals surface area contributed by atoms with E-state index in [1.165, 1.54) is 14.1 Å². The van der Waals surface area contributed by atoms with Crippen LogP contribution in [-0.4, -0.2) is 26.8 Å². The first-order valence-corrected chi connectivity index (χ1v) is 6.54. The van der Waals surface area contributed by atoms with Crippen LogP contribution in [0.5, 0.6) is 0 Å². The van der Waals surface area contributed by atoms with E-state index in [-0.39, 0.29) is 5.75 Å². The number of nitrogens with zero attached hydrogens (tertiary/aromatic N) is 1. The van der Waals surface area contributed by atoms with Crippen LogP contribution in [-0.2, 0) is 15.8 Å². The second kappa shape index (κ2) is 4.70. The van der Waals surface area contributed by atoms with Gasteiger partial charge in [0.05, 0.1) is 5.75 Å². The van der Waals surface area contributed by atoms with Gasteiger partial charge in [-0.05, 0) is 12.1 Å². The lowest BCUT2D eigenvalue weighted by Crippen LogP contribution is -2.24. The molecule has 0 bridgehead atoms. The molecule has 1 rings (SSSR count). The van der Waals surface area contributed by atoms with Gasteiger partial charge in [0.15, 0.2) is 0 Å². The normalized spacial score (nSPS) is 12.1. The predicted molar refractivity (Wildman–Crippen MR) is 62.8 cm³/mol. The van der Waals surface area contributed by atoms with Crippen molar-refractivity contribution in [1.82, 2.24) is 4.31 Å². The molecule has 0 saturated heterocycles. The zero-order valence-electron chi connectivity index (χ0n) is 8.37. The Kier molecular flexibility index (Phi) is 4.00. The summed E-state index contributed by atoms with van der Waals surface area (Å²) >= 11 is 11.7. The van der Waals surface area contributed by atoms with E-state index in [1.807, 2.05) is 0 Å². The topological polar surface area (TPSA) is 37.4 Å². The van der Waals surface area contributed by atoms with Gasteiger partial charge in [0.1, 0.15) is 0 Å². The van der Waals surface area contributed by atoms with Crippen molar-refractivity contribution in [2.75, 3.05) is 14.1 Å². The van der Waals surface area contributed by atoms with Crippen molar-refractivity contribution in [2.24, 2.45) is 0 Å². The molecule has 0 spiro atoms. The van der Waals surface area contributed by atoms with E-state index in [1.54, 1.807) is 18.2 Å². The van der Waals surface area contributed by atoms with Gasteiger partial charge in [-0.1, -0.05) is 29.3 Å². The third-order valence-electron chi connectivity index (χ3n) is 1.94. The highest BCUT2D eigenvalue weighted by molar-refractivity contribution is 7.88. The quantitative estimate of drug-likeness (QED) is 0.844. The summed E-state index contributed by atoms with van der Waals surface area (Å²) in [5, 5.41) is 0.737. The van der Waals surface area contributed by atoms with Crippen molar-refractivity contribution >= 4 is 33.2 Å². The monoisotopic (exact) mass is 267 g/mol. The van der Waals surface area contributed by atoms with E-state index in [4.69, 9.17) is 23.2 Å². The maximum absolute atomic E-state index is 11.6. The fourth-order valence-corrected chi connectivity index (χ4v) is 2.61. The Morgan fingerprint density at radius 1 is 1.20 bits per heavy atom. The first-order chi connectivity index (χ1) is 6.84. The first-order valence-electron chi connectivity index (χ1n) is 4.17. The second-order valence-corrected chi connectivity index (χ2v) is 6.24. The lowest BCUT2D eigenvalue weighted by molar-refractivity contribution is 0.520. The van der Waals surface area contributed by atoms with Crippen LogP contribution in [0.2, 0.25) is 10.0 Å². The third-order valence-corrected chi connectivity index (χ3v) is 4.42. The van der Waals surface area contributed by atoms with E-state index in [9.17, 15) is 8.42 Å². The largest absolute Gasteiger partial charge is 0.217 e. The van der Waals surface area contributed by atoms with E-state index in [2.05, 4.69) is 0 Å². The molecule has 0 aromatic heterocycles. The van der Waals surface area contributed by atoms with Crippen molar-refractivity contribution in [3.05, 3.63) is 33.8 Å². The molecule has 0 radical (unpaired) electrons. The zero-order valence-corrected chi connectivity index (χ0v) is 10.7. The van der Waals surface area contributed by atoms with Gasteiger partial charge in [0.2, 0.25) is 10.0 Å². The summed E-state index contributed by atoms with van der Waals surface area (Å²) in [5.74, 6) is -0.182. The van der Waals surface area contributed by atoms with Crippen LogP contribution < -0.4 is 0 Å². The molecule has 6 heteroatoms. The molecule has 0 atom stereocenters. The maximum atomic E-state index is 11.6. The summed E-state index contributed by atoms with van der Waals surface area (Å²) in [6.45, 7) is 0. The predicted octanol–water partition coefficient (Wildman–Crippen LogP) is 2.38. The zero-order chi connectivity index (χ0) is 11.6. The van der Waals surface area contributed by atoms with Gasteiger partial charge in [-0.3, -0.25) is 0 Å². The Labute approximate surface area is 99.7 Å². The molecule has 0 aliphatic rings. The number of rotatable bonds is 3. The van der Waals surface area contributed by atoms with Crippen LogP contribution in [0.15, 0.2) is 18.2 Å². The van der Waals surface area contributed by atoms with Gasteiger partial charge < -0.3 is 0 Å². The van der Waals surface area contributed by atoms with Gasteiger partial charge in [-0.25, -0.2) is 12.7 Å². The molecule has 0 unspecified atom stereocenters. The smallest absolute Gasteiger partial charge is 0.212 e. The van der Waals surface area contributed by atoms with Gasteiger partial charge in [0.25, 0.3) is 0 Å². The summed E-state index contributed by atoms with van der Waals surface area (Å²) in [6, 6.07) is 4.92. The molecule has 0 N–H and O–H groups in total. The number of sulfonamides is 1. The molecular weight excluding hydrogens is 257 g/mol. The van der Waals surface area contributed by atoms with Crippen LogP contribution in [0.3, 0.4) is 0 Å². The van der Waals surface area contributed by atoms with Crippen molar-refractivity contribution in [1.29, 1.82) is 0 Å². The van der Waals surface area contributed by atoms with Gasteiger partial charge in [-0.15, -0.1) is 0 Å². The van der Waals surface area contributed by atoms with Crippen LogP contribution in [0.4, 0.5) is 0 Å². The summed E-state index contributed by atoms with van der Waals surface area (Å²) in [4.78, 5) is 0. The van der Waals surface area contributed by atoms with Gasteiger partial charge in [-0.2, -0.15) is 0 Å². The molecule has 0 fully saturated rings. The van der Waals surface area contributed by atoms with Crippen molar-refractivity contribution in [2.45, 2.75) is 5.75 Å². The Bertz CT molecular complexity index is 437. The molecule has 1 aromatic carbocycles. The van der Waals surface area contributed by atoms with E-state index >= 15 is 0 Å². The summed E-state index contributed by atoms with van der Waals surface area (Å²) in [6.07, 6.45) is 0. The molecule has 3 nitrogen and oxygen atoms in total. The number of hydrogen-bond donors (Lipinski definition) is 0. The molecule has 0 saturated carbocycles. The SMILES string of the molecule is CN(C)S(=O)(=O)Cc1c(Cl)cccc1Cl. The lowest BCUT2D eigenvalue weighted by atomic mass is 10.2. The second-order valence-electron chi connectivity index (χ2n) is 3.24. The van der Waals surface area contributed by atoms with Crippen LogP contribution in [0.1, 0.15) is 5.56 Å². The summed E-state index contributed by atoms with van der Waals surface area (Å²) in [5.41, 5.74) is 0.439. The Hall–Kier alpha value is -0.290. The van der Waals surface area contributed by atoms with Crippen molar-refractivity contribution in [3.63, 3.8) is 0 Å². The fourth-order valence-electron chi connectivity index (χ4n) is 0.982. The Morgan fingerprint density at radius 2 is 1.67 bits per heavy atom.